The molecule has 0 nitrogen and oxygen atoms in total. The van der Waals surface area contributed by atoms with Crippen LogP contribution in [-0.4, -0.2) is 5.37 Å². The van der Waals surface area contributed by atoms with Crippen LogP contribution in [0.1, 0.15) is 24.5 Å². The average Bonchev–Trinajstić information content (AvgIpc) is 2.08. The van der Waals surface area contributed by atoms with E-state index in [1.54, 1.807) is 5.37 Å². The Kier molecular flexibility index (Phi) is 3.89. The monoisotopic (exact) mass is 242 g/mol. The van der Waals surface area contributed by atoms with Gasteiger partial charge in [0.1, 0.15) is 0 Å². The fourth-order valence-electron chi connectivity index (χ4n) is 1.17. The molecule has 0 radical (unpaired) electrons. The molecule has 0 aliphatic heterocycles. The third-order valence-corrected chi connectivity index (χ3v) is 2.50. The summed E-state index contributed by atoms with van der Waals surface area (Å²) in [5, 5.41) is 1.75. The Morgan fingerprint density at radius 2 is 2.25 bits per heavy atom. The standard InChI is InChI=1S/C10H11BrS/c1-2-3-8-4-5-10(11)6-9(8)7-12/h4-7H,2-3H2,1H3. The molecule has 0 atom stereocenters. The number of hydrogen-bond donors (Lipinski definition) is 0. The van der Waals surface area contributed by atoms with Gasteiger partial charge in [-0.2, -0.15) is 0 Å². The van der Waals surface area contributed by atoms with Crippen LogP contribution in [0.3, 0.4) is 0 Å². The minimum absolute atomic E-state index is 1.10. The van der Waals surface area contributed by atoms with Gasteiger partial charge < -0.3 is 0 Å². The third-order valence-electron chi connectivity index (χ3n) is 1.75. The van der Waals surface area contributed by atoms with Crippen LogP contribution in [0.2, 0.25) is 0 Å². The van der Waals surface area contributed by atoms with Gasteiger partial charge in [0, 0.05) is 9.84 Å². The zero-order valence-electron chi connectivity index (χ0n) is 7.01. The van der Waals surface area contributed by atoms with E-state index in [1.165, 1.54) is 11.1 Å². The van der Waals surface area contributed by atoms with E-state index < -0.39 is 0 Å². The molecule has 0 aliphatic carbocycles. The van der Waals surface area contributed by atoms with Gasteiger partial charge in [0.05, 0.1) is 0 Å². The van der Waals surface area contributed by atoms with Crippen molar-refractivity contribution in [2.45, 2.75) is 19.8 Å². The number of benzene rings is 1. The van der Waals surface area contributed by atoms with Gasteiger partial charge in [0.2, 0.25) is 0 Å². The van der Waals surface area contributed by atoms with E-state index in [4.69, 9.17) is 12.2 Å². The molecule has 0 saturated heterocycles. The number of aryl methyl sites for hydroxylation is 1. The Balaban J connectivity index is 3.02. The first-order valence-electron chi connectivity index (χ1n) is 4.01. The van der Waals surface area contributed by atoms with Crippen LogP contribution in [0.4, 0.5) is 0 Å². The lowest BCUT2D eigenvalue weighted by Crippen LogP contribution is -1.90. The highest BCUT2D eigenvalue weighted by Crippen LogP contribution is 2.16. The lowest BCUT2D eigenvalue weighted by molar-refractivity contribution is 0.920. The fourth-order valence-corrected chi connectivity index (χ4v) is 1.77. The second-order valence-electron chi connectivity index (χ2n) is 2.71. The second-order valence-corrected chi connectivity index (χ2v) is 3.86. The van der Waals surface area contributed by atoms with Gasteiger partial charge in [-0.25, -0.2) is 0 Å². The first-order chi connectivity index (χ1) is 5.77. The normalized spacial score (nSPS) is 9.83. The topological polar surface area (TPSA) is 0 Å². The van der Waals surface area contributed by atoms with Crippen molar-refractivity contribution >= 4 is 33.5 Å². The summed E-state index contributed by atoms with van der Waals surface area (Å²) in [5.74, 6) is 0. The lowest BCUT2D eigenvalue weighted by atomic mass is 10.1. The highest BCUT2D eigenvalue weighted by molar-refractivity contribution is 9.10. The summed E-state index contributed by atoms with van der Waals surface area (Å²) in [6.45, 7) is 2.18. The van der Waals surface area contributed by atoms with E-state index in [-0.39, 0.29) is 0 Å². The fraction of sp³-hybridized carbons (Fsp3) is 0.300. The van der Waals surface area contributed by atoms with E-state index >= 15 is 0 Å². The maximum atomic E-state index is 4.93. The van der Waals surface area contributed by atoms with Crippen LogP contribution in [0, 0.1) is 0 Å². The van der Waals surface area contributed by atoms with E-state index in [9.17, 15) is 0 Å². The number of hydrogen-bond acceptors (Lipinski definition) is 1. The summed E-state index contributed by atoms with van der Waals surface area (Å²) in [5.41, 5.74) is 2.51. The number of thiocarbonyl (C=S) groups is 1. The van der Waals surface area contributed by atoms with Crippen molar-refractivity contribution in [3.8, 4) is 0 Å². The van der Waals surface area contributed by atoms with Gasteiger partial charge in [-0.15, -0.1) is 0 Å². The largest absolute Gasteiger partial charge is 0.0881 e. The first kappa shape index (κ1) is 9.87. The molecule has 0 N–H and O–H groups in total. The van der Waals surface area contributed by atoms with Crippen molar-refractivity contribution in [1.82, 2.24) is 0 Å². The van der Waals surface area contributed by atoms with Crippen molar-refractivity contribution in [2.75, 3.05) is 0 Å². The van der Waals surface area contributed by atoms with Gasteiger partial charge in [-0.05, 0) is 29.7 Å². The predicted molar refractivity (Wildman–Crippen MR) is 60.9 cm³/mol. The smallest absolute Gasteiger partial charge is 0.0181 e. The molecule has 0 heterocycles. The first-order valence-corrected chi connectivity index (χ1v) is 5.28. The van der Waals surface area contributed by atoms with Crippen molar-refractivity contribution in [1.29, 1.82) is 0 Å². The second kappa shape index (κ2) is 4.73. The van der Waals surface area contributed by atoms with Gasteiger partial charge in [-0.3, -0.25) is 0 Å². The van der Waals surface area contributed by atoms with E-state index in [0.29, 0.717) is 0 Å². The molecule has 64 valence electrons. The summed E-state index contributed by atoms with van der Waals surface area (Å²) in [6.07, 6.45) is 2.27. The maximum Gasteiger partial charge on any atom is 0.0181 e. The molecule has 1 rings (SSSR count). The molecule has 12 heavy (non-hydrogen) atoms. The Morgan fingerprint density at radius 1 is 1.50 bits per heavy atom. The molecule has 0 bridgehead atoms. The van der Waals surface area contributed by atoms with Crippen LogP contribution in [0.15, 0.2) is 22.7 Å². The summed E-state index contributed by atoms with van der Waals surface area (Å²) >= 11 is 8.36. The zero-order valence-corrected chi connectivity index (χ0v) is 9.41. The molecule has 0 aromatic heterocycles. The Hall–Kier alpha value is -0.210. The minimum atomic E-state index is 1.10. The van der Waals surface area contributed by atoms with Crippen LogP contribution in [-0.2, 0) is 6.42 Å². The van der Waals surface area contributed by atoms with Crippen molar-refractivity contribution in [3.05, 3.63) is 33.8 Å². The van der Waals surface area contributed by atoms with Crippen molar-refractivity contribution in [2.24, 2.45) is 0 Å². The van der Waals surface area contributed by atoms with E-state index in [0.717, 1.165) is 17.3 Å². The van der Waals surface area contributed by atoms with Gasteiger partial charge in [0.25, 0.3) is 0 Å². The quantitative estimate of drug-likeness (QED) is 0.728. The predicted octanol–water partition coefficient (Wildman–Crippen LogP) is 3.75. The van der Waals surface area contributed by atoms with Crippen LogP contribution < -0.4 is 0 Å². The molecule has 0 saturated carbocycles. The summed E-state index contributed by atoms with van der Waals surface area (Å²) < 4.78 is 1.10. The van der Waals surface area contributed by atoms with Gasteiger partial charge >= 0.3 is 0 Å². The molecular formula is C10H11BrS. The maximum absolute atomic E-state index is 4.93. The van der Waals surface area contributed by atoms with Crippen molar-refractivity contribution < 1.29 is 0 Å². The highest BCUT2D eigenvalue weighted by Gasteiger charge is 1.98. The molecule has 0 fully saturated rings. The summed E-state index contributed by atoms with van der Waals surface area (Å²) in [6, 6.07) is 6.26. The van der Waals surface area contributed by atoms with Crippen molar-refractivity contribution in [3.63, 3.8) is 0 Å². The van der Waals surface area contributed by atoms with Gasteiger partial charge in [-0.1, -0.05) is 47.6 Å². The minimum Gasteiger partial charge on any atom is -0.0881 e. The SMILES string of the molecule is CCCc1ccc(Br)cc1C=S. The Labute approximate surface area is 87.1 Å². The average molecular weight is 243 g/mol. The van der Waals surface area contributed by atoms with E-state index in [2.05, 4.69) is 41.1 Å². The molecule has 1 aromatic rings. The molecule has 0 unspecified atom stereocenters. The Bertz CT molecular complexity index is 281. The summed E-state index contributed by atoms with van der Waals surface area (Å²) in [7, 11) is 0. The number of halogens is 1. The van der Waals surface area contributed by atoms with Gasteiger partial charge in [0.15, 0.2) is 0 Å². The number of rotatable bonds is 3. The molecule has 0 spiro atoms. The van der Waals surface area contributed by atoms with Crippen LogP contribution in [0.25, 0.3) is 0 Å². The van der Waals surface area contributed by atoms with Crippen LogP contribution in [0.5, 0.6) is 0 Å². The Morgan fingerprint density at radius 3 is 2.83 bits per heavy atom. The zero-order chi connectivity index (χ0) is 8.97. The lowest BCUT2D eigenvalue weighted by Gasteiger charge is -2.03. The highest BCUT2D eigenvalue weighted by atomic mass is 79.9. The molecule has 2 heteroatoms. The molecule has 1 aromatic carbocycles. The molecule has 0 amide bonds. The summed E-state index contributed by atoms with van der Waals surface area (Å²) in [4.78, 5) is 0. The molecular weight excluding hydrogens is 232 g/mol. The molecule has 0 aliphatic rings. The van der Waals surface area contributed by atoms with Crippen LogP contribution >= 0.6 is 28.1 Å². The van der Waals surface area contributed by atoms with E-state index in [1.807, 2.05) is 0 Å². The third kappa shape index (κ3) is 2.39.